The molecule has 4 unspecified atom stereocenters. The average molecular weight is 391 g/mol. The molecule has 0 radical (unpaired) electrons. The lowest BCUT2D eigenvalue weighted by Crippen LogP contribution is -2.40. The van der Waals surface area contributed by atoms with Gasteiger partial charge in [0.1, 0.15) is 0 Å². The molecule has 4 rings (SSSR count). The molecular formula is C21H30N2O3S. The predicted molar refractivity (Wildman–Crippen MR) is 105 cm³/mol. The van der Waals surface area contributed by atoms with Crippen LogP contribution in [0.4, 0.5) is 0 Å². The van der Waals surface area contributed by atoms with Crippen LogP contribution >= 0.6 is 0 Å². The van der Waals surface area contributed by atoms with Gasteiger partial charge >= 0.3 is 0 Å². The molecule has 1 saturated heterocycles. The summed E-state index contributed by atoms with van der Waals surface area (Å²) in [5, 5.41) is 3.13. The molecule has 148 valence electrons. The minimum atomic E-state index is -3.52. The summed E-state index contributed by atoms with van der Waals surface area (Å²) in [6.45, 7) is 3.23. The summed E-state index contributed by atoms with van der Waals surface area (Å²) in [7, 11) is -3.52. The molecule has 1 aromatic rings. The molecule has 1 aliphatic heterocycles. The highest BCUT2D eigenvalue weighted by Crippen LogP contribution is 2.49. The Kier molecular flexibility index (Phi) is 5.30. The van der Waals surface area contributed by atoms with E-state index in [9.17, 15) is 13.2 Å². The maximum atomic E-state index is 12.9. The molecule has 4 atom stereocenters. The van der Waals surface area contributed by atoms with Crippen LogP contribution in [-0.2, 0) is 10.0 Å². The van der Waals surface area contributed by atoms with E-state index in [1.165, 1.54) is 31.7 Å². The second kappa shape index (κ2) is 7.55. The van der Waals surface area contributed by atoms with Crippen LogP contribution in [0.25, 0.3) is 0 Å². The Balaban J connectivity index is 1.46. The van der Waals surface area contributed by atoms with Gasteiger partial charge in [0.2, 0.25) is 10.0 Å². The van der Waals surface area contributed by atoms with E-state index in [2.05, 4.69) is 12.2 Å². The number of hydrogen-bond acceptors (Lipinski definition) is 3. The van der Waals surface area contributed by atoms with Gasteiger partial charge in [0.25, 0.3) is 5.91 Å². The highest BCUT2D eigenvalue weighted by Gasteiger charge is 2.42. The molecule has 1 amide bonds. The summed E-state index contributed by atoms with van der Waals surface area (Å²) >= 11 is 0. The predicted octanol–water partition coefficient (Wildman–Crippen LogP) is 3.42. The van der Waals surface area contributed by atoms with Crippen LogP contribution in [0.15, 0.2) is 29.2 Å². The number of rotatable bonds is 5. The smallest absolute Gasteiger partial charge is 0.251 e. The zero-order valence-electron chi connectivity index (χ0n) is 16.1. The first-order valence-corrected chi connectivity index (χ1v) is 11.8. The number of fused-ring (bicyclic) bond motifs is 2. The lowest BCUT2D eigenvalue weighted by molar-refractivity contribution is 0.0915. The summed E-state index contributed by atoms with van der Waals surface area (Å²) in [6.07, 6.45) is 8.05. The molecular weight excluding hydrogens is 360 g/mol. The molecule has 2 bridgehead atoms. The molecule has 2 aliphatic carbocycles. The minimum absolute atomic E-state index is 0.134. The second-order valence-electron chi connectivity index (χ2n) is 8.59. The van der Waals surface area contributed by atoms with E-state index in [-0.39, 0.29) is 16.8 Å². The zero-order valence-corrected chi connectivity index (χ0v) is 16.9. The van der Waals surface area contributed by atoms with Crippen LogP contribution in [0.2, 0.25) is 0 Å². The fourth-order valence-corrected chi connectivity index (χ4v) is 6.92. The third-order valence-electron chi connectivity index (χ3n) is 6.84. The maximum Gasteiger partial charge on any atom is 0.251 e. The summed E-state index contributed by atoms with van der Waals surface area (Å²) in [5.41, 5.74) is 0.433. The van der Waals surface area contributed by atoms with Crippen LogP contribution in [0.1, 0.15) is 62.2 Å². The van der Waals surface area contributed by atoms with Crippen molar-refractivity contribution in [2.24, 2.45) is 17.8 Å². The summed E-state index contributed by atoms with van der Waals surface area (Å²) < 4.78 is 27.3. The summed E-state index contributed by atoms with van der Waals surface area (Å²) in [6, 6.07) is 6.65. The Labute approximate surface area is 162 Å². The van der Waals surface area contributed by atoms with Crippen molar-refractivity contribution in [2.75, 3.05) is 13.1 Å². The van der Waals surface area contributed by atoms with Crippen molar-refractivity contribution in [3.05, 3.63) is 29.8 Å². The van der Waals surface area contributed by atoms with Gasteiger partial charge in [0.05, 0.1) is 4.90 Å². The third kappa shape index (κ3) is 3.79. The van der Waals surface area contributed by atoms with Crippen molar-refractivity contribution in [1.82, 2.24) is 9.62 Å². The topological polar surface area (TPSA) is 66.5 Å². The Bertz CT molecular complexity index is 801. The monoisotopic (exact) mass is 390 g/mol. The van der Waals surface area contributed by atoms with Crippen LogP contribution in [0.3, 0.4) is 0 Å². The van der Waals surface area contributed by atoms with E-state index in [0.29, 0.717) is 24.6 Å². The molecule has 1 N–H and O–H groups in total. The van der Waals surface area contributed by atoms with E-state index in [1.54, 1.807) is 22.5 Å². The number of amides is 1. The first kappa shape index (κ1) is 18.9. The normalized spacial score (nSPS) is 29.6. The first-order chi connectivity index (χ1) is 12.9. The molecule has 1 heterocycles. The van der Waals surface area contributed by atoms with Crippen molar-refractivity contribution in [1.29, 1.82) is 0 Å². The number of hydrogen-bond donors (Lipinski definition) is 1. The van der Waals surface area contributed by atoms with Gasteiger partial charge in [0, 0.05) is 24.7 Å². The number of sulfonamides is 1. The average Bonchev–Trinajstić information content (AvgIpc) is 3.32. The zero-order chi connectivity index (χ0) is 19.0. The number of carbonyl (C=O) groups is 1. The fraction of sp³-hybridized carbons (Fsp3) is 0.667. The molecule has 3 aliphatic rings. The van der Waals surface area contributed by atoms with E-state index in [1.807, 2.05) is 0 Å². The molecule has 2 saturated carbocycles. The van der Waals surface area contributed by atoms with Crippen LogP contribution in [-0.4, -0.2) is 37.8 Å². The van der Waals surface area contributed by atoms with E-state index in [4.69, 9.17) is 0 Å². The molecule has 0 aromatic heterocycles. The van der Waals surface area contributed by atoms with Crippen molar-refractivity contribution in [3.8, 4) is 0 Å². The van der Waals surface area contributed by atoms with E-state index >= 15 is 0 Å². The van der Waals surface area contributed by atoms with Gasteiger partial charge in [-0.3, -0.25) is 4.79 Å². The summed E-state index contributed by atoms with van der Waals surface area (Å²) in [4.78, 5) is 13.0. The molecule has 3 fully saturated rings. The number of nitrogens with one attached hydrogen (secondary N) is 1. The van der Waals surface area contributed by atoms with Gasteiger partial charge in [-0.2, -0.15) is 4.31 Å². The van der Waals surface area contributed by atoms with Gasteiger partial charge in [-0.1, -0.05) is 18.9 Å². The fourth-order valence-electron chi connectivity index (χ4n) is 5.36. The van der Waals surface area contributed by atoms with Crippen molar-refractivity contribution in [3.63, 3.8) is 0 Å². The van der Waals surface area contributed by atoms with Crippen molar-refractivity contribution >= 4 is 15.9 Å². The van der Waals surface area contributed by atoms with Crippen molar-refractivity contribution < 1.29 is 13.2 Å². The number of nitrogens with zero attached hydrogens (tertiary/aromatic N) is 1. The first-order valence-electron chi connectivity index (χ1n) is 10.4. The van der Waals surface area contributed by atoms with Crippen LogP contribution in [0, 0.1) is 17.8 Å². The molecule has 5 nitrogen and oxygen atoms in total. The Morgan fingerprint density at radius 3 is 2.59 bits per heavy atom. The molecule has 1 aromatic carbocycles. The van der Waals surface area contributed by atoms with E-state index in [0.717, 1.165) is 31.1 Å². The SMILES string of the molecule is CC(NC(=O)c1cccc(S(=O)(=O)N2CCCCC2)c1)C1CC2CCC1C2. The van der Waals surface area contributed by atoms with Crippen molar-refractivity contribution in [2.45, 2.75) is 62.8 Å². The Morgan fingerprint density at radius 1 is 1.15 bits per heavy atom. The maximum absolute atomic E-state index is 12.9. The number of carbonyl (C=O) groups excluding carboxylic acids is 1. The third-order valence-corrected chi connectivity index (χ3v) is 8.74. The Morgan fingerprint density at radius 2 is 1.93 bits per heavy atom. The highest BCUT2D eigenvalue weighted by atomic mass is 32.2. The quantitative estimate of drug-likeness (QED) is 0.838. The van der Waals surface area contributed by atoms with Gasteiger partial charge in [-0.25, -0.2) is 8.42 Å². The van der Waals surface area contributed by atoms with Crippen LogP contribution in [0.5, 0.6) is 0 Å². The number of piperidine rings is 1. The summed E-state index contributed by atoms with van der Waals surface area (Å²) in [5.74, 6) is 1.99. The van der Waals surface area contributed by atoms with Crippen LogP contribution < -0.4 is 5.32 Å². The standard InChI is InChI=1S/C21H30N2O3S/c1-15(20-13-16-8-9-17(20)12-16)22-21(24)18-6-5-7-19(14-18)27(25,26)23-10-3-2-4-11-23/h5-7,14-17,20H,2-4,8-13H2,1H3,(H,22,24). The molecule has 0 spiro atoms. The van der Waals surface area contributed by atoms with Gasteiger partial charge in [0.15, 0.2) is 0 Å². The Hall–Kier alpha value is -1.40. The number of benzene rings is 1. The second-order valence-corrected chi connectivity index (χ2v) is 10.5. The van der Waals surface area contributed by atoms with Gasteiger partial charge in [-0.15, -0.1) is 0 Å². The lowest BCUT2D eigenvalue weighted by atomic mass is 9.84. The van der Waals surface area contributed by atoms with Gasteiger partial charge < -0.3 is 5.32 Å². The van der Waals surface area contributed by atoms with E-state index < -0.39 is 10.0 Å². The minimum Gasteiger partial charge on any atom is -0.349 e. The molecule has 6 heteroatoms. The van der Waals surface area contributed by atoms with Gasteiger partial charge in [-0.05, 0) is 75.0 Å². The molecule has 27 heavy (non-hydrogen) atoms. The lowest BCUT2D eigenvalue weighted by Gasteiger charge is -2.28. The highest BCUT2D eigenvalue weighted by molar-refractivity contribution is 7.89. The largest absolute Gasteiger partial charge is 0.349 e.